The fourth-order valence-corrected chi connectivity index (χ4v) is 3.84. The molecule has 0 radical (unpaired) electrons. The summed E-state index contributed by atoms with van der Waals surface area (Å²) in [6.45, 7) is 6.77. The van der Waals surface area contributed by atoms with E-state index in [1.165, 1.54) is 47.5 Å². The lowest BCUT2D eigenvalue weighted by molar-refractivity contribution is 0.403. The number of rotatable bonds is 5. The summed E-state index contributed by atoms with van der Waals surface area (Å²) in [7, 11) is 0. The van der Waals surface area contributed by atoms with E-state index < -0.39 is 0 Å². The number of hydrogen-bond donors (Lipinski definition) is 1. The van der Waals surface area contributed by atoms with Crippen LogP contribution in [0.15, 0.2) is 6.07 Å². The van der Waals surface area contributed by atoms with Gasteiger partial charge in [0.25, 0.3) is 0 Å². The minimum atomic E-state index is 0.735. The molecule has 2 aliphatic carbocycles. The molecule has 0 bridgehead atoms. The summed E-state index contributed by atoms with van der Waals surface area (Å²) in [5.41, 5.74) is 2.24. The van der Waals surface area contributed by atoms with Gasteiger partial charge in [-0.3, -0.25) is 0 Å². The second-order valence-electron chi connectivity index (χ2n) is 5.68. The van der Waals surface area contributed by atoms with E-state index in [2.05, 4.69) is 25.2 Å². The van der Waals surface area contributed by atoms with E-state index in [0.29, 0.717) is 0 Å². The van der Waals surface area contributed by atoms with Crippen molar-refractivity contribution in [3.8, 4) is 0 Å². The Morgan fingerprint density at radius 1 is 1.38 bits per heavy atom. The first-order chi connectivity index (χ1) is 7.70. The molecule has 2 fully saturated rings. The molecule has 1 heterocycles. The van der Waals surface area contributed by atoms with Crippen LogP contribution in [0.25, 0.3) is 0 Å². The summed E-state index contributed by atoms with van der Waals surface area (Å²) in [6, 6.07) is 2.34. The zero-order valence-electron chi connectivity index (χ0n) is 10.3. The number of hydrogen-bond acceptors (Lipinski definition) is 2. The molecule has 1 N–H and O–H groups in total. The van der Waals surface area contributed by atoms with Gasteiger partial charge < -0.3 is 5.32 Å². The van der Waals surface area contributed by atoms with Crippen LogP contribution in [0.2, 0.25) is 0 Å². The number of nitrogens with one attached hydrogen (secondary N) is 1. The number of thiophene rings is 1. The van der Waals surface area contributed by atoms with Crippen molar-refractivity contribution >= 4 is 11.3 Å². The lowest BCUT2D eigenvalue weighted by atomic mass is 10.0. The SMILES string of the molecule is Cc1cc(CNCC2(C3CC3)CC2)c(C)s1. The molecule has 3 rings (SSSR count). The van der Waals surface area contributed by atoms with Crippen LogP contribution < -0.4 is 5.32 Å². The molecular weight excluding hydrogens is 214 g/mol. The van der Waals surface area contributed by atoms with E-state index in [1.54, 1.807) is 0 Å². The normalized spacial score (nSPS) is 22.4. The van der Waals surface area contributed by atoms with Crippen molar-refractivity contribution in [2.75, 3.05) is 6.54 Å². The molecule has 1 aromatic heterocycles. The molecule has 2 heteroatoms. The smallest absolute Gasteiger partial charge is 0.0216 e. The maximum atomic E-state index is 3.69. The Morgan fingerprint density at radius 2 is 2.12 bits per heavy atom. The van der Waals surface area contributed by atoms with Crippen molar-refractivity contribution in [1.82, 2.24) is 5.32 Å². The molecule has 88 valence electrons. The van der Waals surface area contributed by atoms with Gasteiger partial charge in [0.2, 0.25) is 0 Å². The van der Waals surface area contributed by atoms with Crippen molar-refractivity contribution in [1.29, 1.82) is 0 Å². The van der Waals surface area contributed by atoms with Gasteiger partial charge in [-0.1, -0.05) is 0 Å². The Bertz CT molecular complexity index is 385. The van der Waals surface area contributed by atoms with Gasteiger partial charge in [-0.25, -0.2) is 0 Å². The summed E-state index contributed by atoms with van der Waals surface area (Å²) in [5, 5.41) is 3.69. The Hall–Kier alpha value is -0.340. The quantitative estimate of drug-likeness (QED) is 0.821. The first-order valence-electron chi connectivity index (χ1n) is 6.46. The fourth-order valence-electron chi connectivity index (χ4n) is 2.89. The lowest BCUT2D eigenvalue weighted by Crippen LogP contribution is -2.25. The van der Waals surface area contributed by atoms with Gasteiger partial charge in [0.05, 0.1) is 0 Å². The largest absolute Gasteiger partial charge is 0.312 e. The van der Waals surface area contributed by atoms with Crippen molar-refractivity contribution in [3.63, 3.8) is 0 Å². The Morgan fingerprint density at radius 3 is 2.62 bits per heavy atom. The van der Waals surface area contributed by atoms with Crippen LogP contribution in [0, 0.1) is 25.2 Å². The van der Waals surface area contributed by atoms with Crippen LogP contribution in [0.4, 0.5) is 0 Å². The van der Waals surface area contributed by atoms with Gasteiger partial charge in [-0.2, -0.15) is 0 Å². The summed E-state index contributed by atoms with van der Waals surface area (Å²) in [6.07, 6.45) is 5.95. The third-order valence-electron chi connectivity index (χ3n) is 4.27. The van der Waals surface area contributed by atoms with E-state index in [4.69, 9.17) is 0 Å². The van der Waals surface area contributed by atoms with Crippen LogP contribution in [0.3, 0.4) is 0 Å². The van der Waals surface area contributed by atoms with Crippen molar-refractivity contribution < 1.29 is 0 Å². The molecule has 0 unspecified atom stereocenters. The van der Waals surface area contributed by atoms with Crippen molar-refractivity contribution in [2.24, 2.45) is 11.3 Å². The summed E-state index contributed by atoms with van der Waals surface area (Å²) < 4.78 is 0. The van der Waals surface area contributed by atoms with Crippen molar-refractivity contribution in [2.45, 2.75) is 46.1 Å². The predicted molar refractivity (Wildman–Crippen MR) is 69.9 cm³/mol. The van der Waals surface area contributed by atoms with E-state index in [-0.39, 0.29) is 0 Å². The Kier molecular flexibility index (Phi) is 2.60. The Labute approximate surface area is 102 Å². The van der Waals surface area contributed by atoms with Gasteiger partial charge in [-0.15, -0.1) is 11.3 Å². The molecule has 0 aliphatic heterocycles. The monoisotopic (exact) mass is 235 g/mol. The molecule has 1 nitrogen and oxygen atoms in total. The maximum absolute atomic E-state index is 3.69. The van der Waals surface area contributed by atoms with Gasteiger partial charge in [0, 0.05) is 22.8 Å². The zero-order chi connectivity index (χ0) is 11.2. The van der Waals surface area contributed by atoms with Crippen LogP contribution >= 0.6 is 11.3 Å². The minimum absolute atomic E-state index is 0.735. The predicted octanol–water partition coefficient (Wildman–Crippen LogP) is 3.64. The molecule has 0 atom stereocenters. The highest BCUT2D eigenvalue weighted by Gasteiger charge is 2.53. The molecule has 0 saturated heterocycles. The highest BCUT2D eigenvalue weighted by Crippen LogP contribution is 2.60. The Balaban J connectivity index is 1.51. The zero-order valence-corrected chi connectivity index (χ0v) is 11.1. The van der Waals surface area contributed by atoms with Crippen LogP contribution in [-0.2, 0) is 6.54 Å². The van der Waals surface area contributed by atoms with Gasteiger partial charge in [0.1, 0.15) is 0 Å². The lowest BCUT2D eigenvalue weighted by Gasteiger charge is -2.14. The summed E-state index contributed by atoms with van der Waals surface area (Å²) >= 11 is 1.92. The molecule has 16 heavy (non-hydrogen) atoms. The first kappa shape index (κ1) is 10.8. The number of aryl methyl sites for hydroxylation is 2. The van der Waals surface area contributed by atoms with Crippen LogP contribution in [0.5, 0.6) is 0 Å². The summed E-state index contributed by atoms with van der Waals surface area (Å²) in [5.74, 6) is 1.07. The van der Waals surface area contributed by atoms with Gasteiger partial charge in [-0.05, 0) is 62.5 Å². The summed E-state index contributed by atoms with van der Waals surface area (Å²) in [4.78, 5) is 2.93. The van der Waals surface area contributed by atoms with Crippen LogP contribution in [0.1, 0.15) is 41.0 Å². The molecular formula is C14H21NS. The molecule has 1 aromatic rings. The van der Waals surface area contributed by atoms with E-state index >= 15 is 0 Å². The average molecular weight is 235 g/mol. The van der Waals surface area contributed by atoms with E-state index in [9.17, 15) is 0 Å². The second-order valence-corrected chi connectivity index (χ2v) is 7.14. The second kappa shape index (κ2) is 3.85. The van der Waals surface area contributed by atoms with Crippen LogP contribution in [-0.4, -0.2) is 6.54 Å². The van der Waals surface area contributed by atoms with E-state index in [1.807, 2.05) is 11.3 Å². The van der Waals surface area contributed by atoms with Gasteiger partial charge in [0.15, 0.2) is 0 Å². The average Bonchev–Trinajstić information content (AvgIpc) is 3.10. The van der Waals surface area contributed by atoms with Gasteiger partial charge >= 0.3 is 0 Å². The van der Waals surface area contributed by atoms with E-state index in [0.717, 1.165) is 17.9 Å². The standard InChI is InChI=1S/C14H21NS/c1-10-7-12(11(2)16-10)8-15-9-14(5-6-14)13-3-4-13/h7,13,15H,3-6,8-9H2,1-2H3. The molecule has 2 aliphatic rings. The molecule has 0 spiro atoms. The fraction of sp³-hybridized carbons (Fsp3) is 0.714. The highest BCUT2D eigenvalue weighted by atomic mass is 32.1. The minimum Gasteiger partial charge on any atom is -0.312 e. The maximum Gasteiger partial charge on any atom is 0.0216 e. The topological polar surface area (TPSA) is 12.0 Å². The molecule has 2 saturated carbocycles. The first-order valence-corrected chi connectivity index (χ1v) is 7.28. The molecule has 0 aromatic carbocycles. The third-order valence-corrected chi connectivity index (χ3v) is 5.28. The van der Waals surface area contributed by atoms with Crippen molar-refractivity contribution in [3.05, 3.63) is 21.4 Å². The highest BCUT2D eigenvalue weighted by molar-refractivity contribution is 7.12. The molecule has 0 amide bonds. The third kappa shape index (κ3) is 2.05.